The van der Waals surface area contributed by atoms with E-state index in [0.29, 0.717) is 107 Å². The minimum atomic E-state index is -3.85. The molecule has 15 aliphatic rings. The molecule has 5 aromatic rings. The number of hydrogen-bond acceptors (Lipinski definition) is 10. The quantitative estimate of drug-likeness (QED) is 0.163. The zero-order valence-corrected chi connectivity index (χ0v) is 66.6. The highest BCUT2D eigenvalue weighted by Crippen LogP contribution is 2.43. The lowest BCUT2D eigenvalue weighted by Gasteiger charge is -2.45. The van der Waals surface area contributed by atoms with Crippen LogP contribution in [-0.2, 0) is 80.0 Å². The predicted octanol–water partition coefficient (Wildman–Crippen LogP) is 13.4. The molecule has 10 fully saturated rings. The maximum Gasteiger partial charge on any atom is 0.242 e. The van der Waals surface area contributed by atoms with Gasteiger partial charge in [-0.1, -0.05) is 156 Å². The molecule has 5 atom stereocenters. The number of rotatable bonds is 5. The van der Waals surface area contributed by atoms with E-state index in [2.05, 4.69) is 12.1 Å². The normalized spacial score (nSPS) is 39.1. The highest BCUT2D eigenvalue weighted by Gasteiger charge is 2.47. The molecule has 5 aromatic carbocycles. The molecule has 10 heterocycles. The summed E-state index contributed by atoms with van der Waals surface area (Å²) in [6, 6.07) is 29.3. The number of amides is 10. The van der Waals surface area contributed by atoms with Crippen molar-refractivity contribution in [1.82, 2.24) is 49.0 Å². The van der Waals surface area contributed by atoms with Crippen LogP contribution in [0.15, 0.2) is 109 Å². The van der Waals surface area contributed by atoms with Crippen LogP contribution in [0.5, 0.6) is 0 Å². The van der Waals surface area contributed by atoms with Gasteiger partial charge in [0.25, 0.3) is 0 Å². The molecule has 10 aliphatic heterocycles. The highest BCUT2D eigenvalue weighted by molar-refractivity contribution is 5.91. The van der Waals surface area contributed by atoms with Crippen molar-refractivity contribution in [3.05, 3.63) is 176 Å². The zero-order valence-electron chi connectivity index (χ0n) is 101. The summed E-state index contributed by atoms with van der Waals surface area (Å²) in [5.41, 5.74) is 8.98. The van der Waals surface area contributed by atoms with E-state index in [1.54, 1.807) is 42.7 Å². The number of nitrogens with zero attached hydrogens (tertiary/aromatic N) is 10. The molecule has 0 bridgehead atoms. The molecule has 5 saturated heterocycles. The molecule has 20 rings (SSSR count). The zero-order chi connectivity index (χ0) is 113. The van der Waals surface area contributed by atoms with E-state index < -0.39 is 198 Å². The molecule has 0 N–H and O–H groups in total. The topological polar surface area (TPSA) is 203 Å². The Morgan fingerprint density at radius 3 is 0.958 bits per heavy atom. The lowest BCUT2D eigenvalue weighted by Crippen LogP contribution is -2.56. The number of piperazine rings is 5. The number of carbonyl (C=O) groups excluding carboxylic acids is 10. The van der Waals surface area contributed by atoms with Crippen LogP contribution in [0, 0.1) is 53.0 Å². The smallest absolute Gasteiger partial charge is 0.242 e. The SMILES string of the molecule is [2H]C1(C)CCC(C(=O)N2CC(=O)N3CCc4ccc(F)cc4C3C2)CC1.[2H]C1([2H])C(C(=O)N2CC(=O)N3CCc4ccccc4C3C2)C([2H])([2H])C([2H])([2H])C([2H])(C)C1([2H])[2H].[2H]C1([2H])C([2H])([2H])C([2H])([2H])C([2H])(C(=O)N2CC(=O)N3CCc4ccc(F)cc4C3C2)C([2H])([2H])C1([2H])[2H].[2H]C1([2H])C([2H])([2H])C([2H])([2H])C([2H])(C(=O)N2CC(=O)N3CCc4ccccc4C3C2)C([2H])([2H])C1([2H])[2H].[2H]C1([2H])CCC(C(=O)N2CC(=O)N3CCc4ccccc4C3C2)CC1. The minimum absolute atomic E-state index is 0.0250. The van der Waals surface area contributed by atoms with Gasteiger partial charge in [-0.15, -0.1) is 0 Å². The van der Waals surface area contributed by atoms with Crippen LogP contribution < -0.4 is 0 Å². The van der Waals surface area contributed by atoms with Gasteiger partial charge in [0, 0.05) is 142 Å². The lowest BCUT2D eigenvalue weighted by molar-refractivity contribution is -0.152. The van der Waals surface area contributed by atoms with Crippen LogP contribution in [0.3, 0.4) is 0 Å². The number of carbonyl (C=O) groups is 10. The van der Waals surface area contributed by atoms with Gasteiger partial charge >= 0.3 is 0 Å². The molecule has 10 amide bonds. The molecule has 0 radical (unpaired) electrons. The standard InChI is InChI=1S/C20H25FN2O2.C20H26N2O2.C19H23FN2O2.2C19H24N2O2/c1-13-2-4-15(5-3-13)20(25)22-11-18-17-10-16(21)7-6-14(17)8-9-23(18)19(24)12-22;1-14-6-8-16(9-7-14)20(24)21-12-18-17-5-3-2-4-15(17)10-11-22(18)19(23)13-21;20-15-7-6-13-8-9-22-17(16(13)10-15)11-21(12-18(22)23)19(24)14-4-2-1-3-5-14;2*22-18-13-20(19(23)15-7-2-1-3-8-15)12-17-16-9-5-4-6-14(16)10-11-21(17)18/h6-7,10,13,15,18H,2-5,8-9,11-12H2,1H3;2-5,14,16,18H,6-13H2,1H3;6-7,10,14,17H,1-5,8-9,11-12H2;2*4-6,9,15,17H,1-3,7-8,10-13H2/i13D;6D2,7D2,8D2,9D2,14D;1D2,2D2,3D2,4D2,5D2,14D;1D2,2D2,3D2,7D2,8D2,15D;1D2. The predicted molar refractivity (Wildman–Crippen MR) is 448 cm³/mol. The average Bonchev–Trinajstić information content (AvgIpc) is 0.654. The third-order valence-electron chi connectivity index (χ3n) is 25.2. The molecule has 5 saturated carbocycles. The Hall–Kier alpha value is -9.34. The molecule has 20 nitrogen and oxygen atoms in total. The van der Waals surface area contributed by atoms with E-state index in [4.69, 9.17) is 46.6 Å². The van der Waals surface area contributed by atoms with Crippen LogP contribution in [0.4, 0.5) is 8.78 Å². The van der Waals surface area contributed by atoms with E-state index in [0.717, 1.165) is 82.3 Å². The summed E-state index contributed by atoms with van der Waals surface area (Å²) in [5.74, 6) is -20.2. The Bertz CT molecular complexity index is 6250. The lowest BCUT2D eigenvalue weighted by atomic mass is 9.82. The molecular formula is C97H122F2N10O10. The Labute approximate surface area is 748 Å². The van der Waals surface area contributed by atoms with Crippen LogP contribution in [0.1, 0.15) is 293 Å². The van der Waals surface area contributed by atoms with Crippen molar-refractivity contribution in [1.29, 1.82) is 0 Å². The average molecular weight is 1660 g/mol. The van der Waals surface area contributed by atoms with Gasteiger partial charge in [0.2, 0.25) is 59.1 Å². The number of halogens is 2. The number of hydrogen-bond donors (Lipinski definition) is 0. The number of benzene rings is 5. The Morgan fingerprint density at radius 2 is 0.613 bits per heavy atom. The first-order valence-electron chi connectivity index (χ1n) is 58.2. The van der Waals surface area contributed by atoms with Crippen molar-refractivity contribution < 1.29 is 103 Å². The van der Waals surface area contributed by atoms with Crippen molar-refractivity contribution in [3.8, 4) is 0 Å². The minimum Gasteiger partial charge on any atom is -0.332 e. The monoisotopic (exact) mass is 1660 g/mol. The van der Waals surface area contributed by atoms with Gasteiger partial charge in [0.15, 0.2) is 0 Å². The highest BCUT2D eigenvalue weighted by atomic mass is 19.1. The summed E-state index contributed by atoms with van der Waals surface area (Å²) < 4.78 is 306. The Morgan fingerprint density at radius 1 is 0.319 bits per heavy atom. The van der Waals surface area contributed by atoms with Crippen molar-refractivity contribution in [2.75, 3.05) is 98.2 Å². The van der Waals surface area contributed by atoms with Gasteiger partial charge < -0.3 is 49.0 Å². The van der Waals surface area contributed by atoms with Crippen molar-refractivity contribution >= 4 is 59.1 Å². The fraction of sp³-hybridized carbons (Fsp3) is 0.588. The first-order chi connectivity index (χ1) is 70.4. The van der Waals surface area contributed by atoms with E-state index >= 15 is 0 Å². The van der Waals surface area contributed by atoms with Crippen LogP contribution in [0.2, 0.25) is 0 Å². The van der Waals surface area contributed by atoms with Crippen molar-refractivity contribution in [2.24, 2.45) is 41.3 Å². The van der Waals surface area contributed by atoms with Gasteiger partial charge in [-0.3, -0.25) is 47.9 Å². The summed E-state index contributed by atoms with van der Waals surface area (Å²) in [5, 5.41) is 0. The maximum atomic E-state index is 14.0. The van der Waals surface area contributed by atoms with Crippen LogP contribution in [-0.4, -0.2) is 206 Å². The van der Waals surface area contributed by atoms with Crippen molar-refractivity contribution in [3.63, 3.8) is 0 Å². The maximum absolute atomic E-state index is 14.0. The second-order valence-corrected chi connectivity index (χ2v) is 32.4. The molecule has 634 valence electrons. The van der Waals surface area contributed by atoms with Gasteiger partial charge in [-0.05, 0) is 213 Å². The summed E-state index contributed by atoms with van der Waals surface area (Å²) in [7, 11) is 0. The summed E-state index contributed by atoms with van der Waals surface area (Å²) in [6.07, 6.45) is -43.7. The fourth-order valence-electron chi connectivity index (χ4n) is 18.9. The first-order valence-corrected chi connectivity index (χ1v) is 41.2. The van der Waals surface area contributed by atoms with Crippen molar-refractivity contribution in [2.45, 2.75) is 223 Å². The van der Waals surface area contributed by atoms with Gasteiger partial charge in [0.05, 0.1) is 62.9 Å². The largest absolute Gasteiger partial charge is 0.332 e. The Kier molecular flexibility index (Phi) is 16.1. The summed E-state index contributed by atoms with van der Waals surface area (Å²) in [4.78, 5) is 145. The van der Waals surface area contributed by atoms with Crippen LogP contribution >= 0.6 is 0 Å². The second-order valence-electron chi connectivity index (χ2n) is 32.4. The van der Waals surface area contributed by atoms with E-state index in [-0.39, 0.29) is 98.5 Å². The fourth-order valence-corrected chi connectivity index (χ4v) is 18.9. The molecule has 5 unspecified atom stereocenters. The molecule has 0 spiro atoms. The molecule has 119 heavy (non-hydrogen) atoms. The van der Waals surface area contributed by atoms with E-state index in [9.17, 15) is 56.7 Å². The first kappa shape index (κ1) is 51.4. The van der Waals surface area contributed by atoms with Gasteiger partial charge in [-0.2, -0.15) is 0 Å². The van der Waals surface area contributed by atoms with E-state index in [1.165, 1.54) is 46.4 Å². The van der Waals surface area contributed by atoms with Crippen LogP contribution in [0.25, 0.3) is 0 Å². The molecule has 22 heteroatoms. The molecule has 0 aromatic heterocycles. The van der Waals surface area contributed by atoms with E-state index in [1.807, 2.05) is 60.4 Å². The third kappa shape index (κ3) is 18.5. The molecular weight excluding hydrogens is 1500 g/mol. The summed E-state index contributed by atoms with van der Waals surface area (Å²) >= 11 is 0. The molecule has 5 aliphatic carbocycles. The van der Waals surface area contributed by atoms with Gasteiger partial charge in [0.1, 0.15) is 11.6 Å². The third-order valence-corrected chi connectivity index (χ3v) is 25.2. The Balaban J connectivity index is 0.000000136. The summed E-state index contributed by atoms with van der Waals surface area (Å²) in [6.45, 7) is 4.09. The second kappa shape index (κ2) is 37.3. The van der Waals surface area contributed by atoms with Gasteiger partial charge in [-0.25, -0.2) is 8.78 Å². The number of fused-ring (bicyclic) bond motifs is 15.